The van der Waals surface area contributed by atoms with E-state index in [0.29, 0.717) is 0 Å². The van der Waals surface area contributed by atoms with E-state index in [-0.39, 0.29) is 110 Å². The van der Waals surface area contributed by atoms with Crippen molar-refractivity contribution < 1.29 is 99.8 Å². The number of hydrogen-bond donors (Lipinski definition) is 0. The predicted octanol–water partition coefficient (Wildman–Crippen LogP) is 0.221. The van der Waals surface area contributed by atoms with E-state index in [9.17, 15) is 28.8 Å². The summed E-state index contributed by atoms with van der Waals surface area (Å²) in [6, 6.07) is 0. The molecule has 0 amide bonds. The Labute approximate surface area is 253 Å². The molecule has 0 aliphatic carbocycles. The summed E-state index contributed by atoms with van der Waals surface area (Å²) in [5.41, 5.74) is 0. The van der Waals surface area contributed by atoms with Gasteiger partial charge >= 0.3 is 36.9 Å². The molecule has 3 atom stereocenters. The minimum atomic E-state index is -0.693. The second-order valence-electron chi connectivity index (χ2n) is 9.39. The molecule has 0 bridgehead atoms. The Morgan fingerprint density at radius 3 is 1.04 bits per heavy atom. The van der Waals surface area contributed by atoms with Crippen molar-refractivity contribution in [1.82, 2.24) is 0 Å². The Kier molecular flexibility index (Phi) is 12.7. The Morgan fingerprint density at radius 1 is 0.400 bits per heavy atom. The highest BCUT2D eigenvalue weighted by molar-refractivity contribution is 5.63. The molecular formula is C24H30O21. The van der Waals surface area contributed by atoms with Crippen molar-refractivity contribution >= 4 is 36.9 Å². The van der Waals surface area contributed by atoms with E-state index in [2.05, 4.69) is 42.6 Å². The zero-order chi connectivity index (χ0) is 32.0. The molecular weight excluding hydrogens is 624 g/mol. The van der Waals surface area contributed by atoms with Gasteiger partial charge in [-0.2, -0.15) is 0 Å². The van der Waals surface area contributed by atoms with Crippen molar-refractivity contribution in [3.63, 3.8) is 0 Å². The fourth-order valence-corrected chi connectivity index (χ4v) is 3.68. The molecule has 3 unspecified atom stereocenters. The lowest BCUT2D eigenvalue weighted by Crippen LogP contribution is -2.42. The number of ether oxygens (including phenoxy) is 15. The lowest BCUT2D eigenvalue weighted by atomic mass is 10.3. The van der Waals surface area contributed by atoms with Crippen LogP contribution in [0, 0.1) is 0 Å². The van der Waals surface area contributed by atoms with Crippen LogP contribution in [-0.2, 0) is 71.1 Å². The highest BCUT2D eigenvalue weighted by atomic mass is 16.8. The van der Waals surface area contributed by atoms with Crippen molar-refractivity contribution in [3.05, 3.63) is 0 Å². The molecule has 252 valence electrons. The number of cyclic esters (lactones) is 12. The van der Waals surface area contributed by atoms with Crippen LogP contribution in [0.1, 0.15) is 0 Å². The van der Waals surface area contributed by atoms with E-state index in [0.717, 1.165) is 0 Å². The summed E-state index contributed by atoms with van der Waals surface area (Å²) in [6.07, 6.45) is -6.27. The lowest BCUT2D eigenvalue weighted by molar-refractivity contribution is -0.148. The lowest BCUT2D eigenvalue weighted by Gasteiger charge is -2.28. The number of rotatable bonds is 9. The maximum Gasteiger partial charge on any atom is 0.508 e. The van der Waals surface area contributed by atoms with Crippen molar-refractivity contribution in [2.45, 2.75) is 36.6 Å². The molecule has 0 saturated carbocycles. The standard InChI is InChI=1S/3C8H10O7/c9-7-12-3-5(14-7)1-11-2-6-4-13-8(10)15-6;9-7-12-1-5(2-13-7)11-3-6-4-14-8(10)15-6;9-7-11-1-5(2-12-7)15-6-3-13-8(10)14-4-6/h3*5-6H,1-4H2. The summed E-state index contributed by atoms with van der Waals surface area (Å²) in [6.45, 7) is 2.10. The second-order valence-corrected chi connectivity index (χ2v) is 9.39. The van der Waals surface area contributed by atoms with Crippen molar-refractivity contribution in [1.29, 1.82) is 0 Å². The molecule has 0 N–H and O–H groups in total. The normalized spacial score (nSPS) is 26.5. The summed E-state index contributed by atoms with van der Waals surface area (Å²) < 4.78 is 71.4. The smallest absolute Gasteiger partial charge is 0.431 e. The Morgan fingerprint density at radius 2 is 0.711 bits per heavy atom. The molecule has 6 rings (SSSR count). The summed E-state index contributed by atoms with van der Waals surface area (Å²) in [5.74, 6) is 0. The first-order valence-corrected chi connectivity index (χ1v) is 13.5. The van der Waals surface area contributed by atoms with E-state index in [1.807, 2.05) is 0 Å². The van der Waals surface area contributed by atoms with Crippen LogP contribution in [0.25, 0.3) is 0 Å². The molecule has 0 aromatic rings. The molecule has 6 heterocycles. The van der Waals surface area contributed by atoms with Crippen LogP contribution in [0.15, 0.2) is 0 Å². The summed E-state index contributed by atoms with van der Waals surface area (Å²) in [4.78, 5) is 63.2. The van der Waals surface area contributed by atoms with Crippen LogP contribution in [0.3, 0.4) is 0 Å². The highest BCUT2D eigenvalue weighted by Gasteiger charge is 2.31. The largest absolute Gasteiger partial charge is 0.508 e. The van der Waals surface area contributed by atoms with Gasteiger partial charge in [0.15, 0.2) is 18.3 Å². The van der Waals surface area contributed by atoms with E-state index in [1.54, 1.807) is 0 Å². The second kappa shape index (κ2) is 17.1. The van der Waals surface area contributed by atoms with Gasteiger partial charge in [-0.05, 0) is 0 Å². The molecule has 21 nitrogen and oxygen atoms in total. The van der Waals surface area contributed by atoms with Gasteiger partial charge in [-0.3, -0.25) is 0 Å². The molecule has 0 radical (unpaired) electrons. The number of carbonyl (C=O) groups excluding carboxylic acids is 6. The monoisotopic (exact) mass is 654 g/mol. The van der Waals surface area contributed by atoms with Gasteiger partial charge in [0.25, 0.3) is 0 Å². The van der Waals surface area contributed by atoms with Gasteiger partial charge < -0.3 is 71.1 Å². The average Bonchev–Trinajstić information content (AvgIpc) is 3.77. The molecule has 6 saturated heterocycles. The zero-order valence-corrected chi connectivity index (χ0v) is 23.5. The summed E-state index contributed by atoms with van der Waals surface area (Å²) >= 11 is 0. The van der Waals surface area contributed by atoms with Crippen molar-refractivity contribution in [2.75, 3.05) is 79.3 Å². The molecule has 21 heteroatoms. The molecule has 6 aliphatic heterocycles. The van der Waals surface area contributed by atoms with Gasteiger partial charge in [-0.1, -0.05) is 0 Å². The topological polar surface area (TPSA) is 241 Å². The summed E-state index contributed by atoms with van der Waals surface area (Å²) in [5, 5.41) is 0. The van der Waals surface area contributed by atoms with Crippen LogP contribution in [-0.4, -0.2) is 153 Å². The van der Waals surface area contributed by atoms with Gasteiger partial charge in [0.1, 0.15) is 77.8 Å². The van der Waals surface area contributed by atoms with Crippen LogP contribution in [0.5, 0.6) is 0 Å². The molecule has 6 aliphatic rings. The van der Waals surface area contributed by atoms with E-state index < -0.39 is 43.0 Å². The van der Waals surface area contributed by atoms with Gasteiger partial charge in [0.2, 0.25) is 0 Å². The quantitative estimate of drug-likeness (QED) is 0.238. The van der Waals surface area contributed by atoms with Crippen LogP contribution in [0.2, 0.25) is 0 Å². The third-order valence-electron chi connectivity index (χ3n) is 5.78. The fourth-order valence-electron chi connectivity index (χ4n) is 3.68. The minimum absolute atomic E-state index is 0.142. The maximum atomic E-state index is 10.6. The van der Waals surface area contributed by atoms with E-state index in [1.165, 1.54) is 0 Å². The van der Waals surface area contributed by atoms with Gasteiger partial charge in [-0.15, -0.1) is 0 Å². The average molecular weight is 654 g/mol. The fraction of sp³-hybridized carbons (Fsp3) is 0.750. The maximum absolute atomic E-state index is 10.6. The van der Waals surface area contributed by atoms with E-state index >= 15 is 0 Å². The van der Waals surface area contributed by atoms with Gasteiger partial charge in [-0.25, -0.2) is 28.8 Å². The van der Waals surface area contributed by atoms with E-state index in [4.69, 9.17) is 28.4 Å². The molecule has 0 aromatic carbocycles. The van der Waals surface area contributed by atoms with Crippen molar-refractivity contribution in [2.24, 2.45) is 0 Å². The van der Waals surface area contributed by atoms with Gasteiger partial charge in [0, 0.05) is 0 Å². The Balaban J connectivity index is 0.000000154. The Bertz CT molecular complexity index is 960. The van der Waals surface area contributed by atoms with Crippen LogP contribution >= 0.6 is 0 Å². The molecule has 45 heavy (non-hydrogen) atoms. The third kappa shape index (κ3) is 12.2. The predicted molar refractivity (Wildman–Crippen MR) is 130 cm³/mol. The number of carbonyl (C=O) groups is 6. The zero-order valence-electron chi connectivity index (χ0n) is 23.5. The summed E-state index contributed by atoms with van der Waals surface area (Å²) in [7, 11) is 0. The number of hydrogen-bond acceptors (Lipinski definition) is 21. The SMILES string of the molecule is O=C1OCC(COCC2COC(=O)O2)O1.O=C1OCC(OC2COC(=O)OC2)CO1.O=C1OCC(OCC2COC(=O)O2)CO1. The highest BCUT2D eigenvalue weighted by Crippen LogP contribution is 2.12. The first kappa shape index (κ1) is 33.4. The first-order valence-electron chi connectivity index (χ1n) is 13.5. The minimum Gasteiger partial charge on any atom is -0.431 e. The van der Waals surface area contributed by atoms with Crippen LogP contribution < -0.4 is 0 Å². The van der Waals surface area contributed by atoms with Crippen LogP contribution in [0.4, 0.5) is 28.8 Å². The first-order chi connectivity index (χ1) is 21.7. The molecule has 0 aromatic heterocycles. The Hall–Kier alpha value is -4.50. The molecule has 0 spiro atoms. The molecule has 6 fully saturated rings. The van der Waals surface area contributed by atoms with Crippen molar-refractivity contribution in [3.8, 4) is 0 Å². The third-order valence-corrected chi connectivity index (χ3v) is 5.78. The van der Waals surface area contributed by atoms with Gasteiger partial charge in [0.05, 0.1) is 19.8 Å².